The molecule has 0 spiro atoms. The highest BCUT2D eigenvalue weighted by Gasteiger charge is 2.22. The number of carboxylic acid groups (broad SMARTS) is 1. The lowest BCUT2D eigenvalue weighted by Gasteiger charge is -2.10. The highest BCUT2D eigenvalue weighted by atomic mass is 32.2. The molecule has 0 bridgehead atoms. The fourth-order valence-corrected chi connectivity index (χ4v) is 2.63. The fourth-order valence-electron chi connectivity index (χ4n) is 1.39. The zero-order valence-corrected chi connectivity index (χ0v) is 11.4. The van der Waals surface area contributed by atoms with E-state index < -0.39 is 22.0 Å². The van der Waals surface area contributed by atoms with Crippen molar-refractivity contribution in [1.82, 2.24) is 4.72 Å². The number of aliphatic carboxylic acids is 1. The number of sulfonamides is 1. The molecule has 0 heterocycles. The Morgan fingerprint density at radius 2 is 2.00 bits per heavy atom. The highest BCUT2D eigenvalue weighted by Crippen LogP contribution is 2.13. The molecule has 1 aromatic rings. The molecule has 0 saturated heterocycles. The third kappa shape index (κ3) is 3.87. The normalized spacial score (nSPS) is 12.9. The van der Waals surface area contributed by atoms with Crippen LogP contribution in [0.15, 0.2) is 29.2 Å². The standard InChI is InChI=1S/C12H15NO5S/c1-3-11(14)9-5-4-6-10(7-9)19(17,18)13-8(2)12(15)16/h4-8,13H,3H2,1-2H3,(H,15,16)/t8-/m0/s1. The van der Waals surface area contributed by atoms with Crippen molar-refractivity contribution in [2.24, 2.45) is 0 Å². The summed E-state index contributed by atoms with van der Waals surface area (Å²) in [6.45, 7) is 2.90. The summed E-state index contributed by atoms with van der Waals surface area (Å²) in [5.41, 5.74) is 0.286. The number of hydrogen-bond donors (Lipinski definition) is 2. The molecule has 0 radical (unpaired) electrons. The van der Waals surface area contributed by atoms with E-state index in [4.69, 9.17) is 5.11 Å². The minimum Gasteiger partial charge on any atom is -0.480 e. The lowest BCUT2D eigenvalue weighted by molar-refractivity contribution is -0.138. The average Bonchev–Trinajstić information content (AvgIpc) is 2.37. The average molecular weight is 285 g/mol. The largest absolute Gasteiger partial charge is 0.480 e. The van der Waals surface area contributed by atoms with Gasteiger partial charge in [-0.15, -0.1) is 0 Å². The zero-order chi connectivity index (χ0) is 14.6. The van der Waals surface area contributed by atoms with Gasteiger partial charge in [-0.1, -0.05) is 19.1 Å². The number of nitrogens with one attached hydrogen (secondary N) is 1. The SMILES string of the molecule is CCC(=O)c1cccc(S(=O)(=O)N[C@@H](C)C(=O)O)c1. The summed E-state index contributed by atoms with van der Waals surface area (Å²) in [5.74, 6) is -1.45. The van der Waals surface area contributed by atoms with Gasteiger partial charge in [-0.3, -0.25) is 9.59 Å². The Labute approximate surface area is 111 Å². The molecule has 7 heteroatoms. The number of carboxylic acids is 1. The summed E-state index contributed by atoms with van der Waals surface area (Å²) in [7, 11) is -3.95. The first kappa shape index (κ1) is 15.3. The monoisotopic (exact) mass is 285 g/mol. The van der Waals surface area contributed by atoms with Gasteiger partial charge in [-0.2, -0.15) is 4.72 Å². The van der Waals surface area contributed by atoms with E-state index >= 15 is 0 Å². The molecule has 1 rings (SSSR count). The van der Waals surface area contributed by atoms with Gasteiger partial charge in [0.25, 0.3) is 0 Å². The van der Waals surface area contributed by atoms with Gasteiger partial charge in [0.05, 0.1) is 4.90 Å². The van der Waals surface area contributed by atoms with Crippen LogP contribution in [0.2, 0.25) is 0 Å². The van der Waals surface area contributed by atoms with Crippen LogP contribution in [-0.2, 0) is 14.8 Å². The molecular weight excluding hydrogens is 270 g/mol. The third-order valence-corrected chi connectivity index (χ3v) is 4.03. The summed E-state index contributed by atoms with van der Waals surface area (Å²) in [5, 5.41) is 8.69. The van der Waals surface area contributed by atoms with E-state index in [1.165, 1.54) is 31.2 Å². The minimum absolute atomic E-state index is 0.125. The number of carbonyl (C=O) groups excluding carboxylic acids is 1. The summed E-state index contributed by atoms with van der Waals surface area (Å²) in [6.07, 6.45) is 0.266. The summed E-state index contributed by atoms with van der Waals surface area (Å²) in [6, 6.07) is 4.27. The first-order valence-corrected chi connectivity index (χ1v) is 7.14. The Hall–Kier alpha value is -1.73. The summed E-state index contributed by atoms with van der Waals surface area (Å²) < 4.78 is 25.9. The first-order valence-electron chi connectivity index (χ1n) is 5.66. The maximum Gasteiger partial charge on any atom is 0.321 e. The van der Waals surface area contributed by atoms with Crippen molar-refractivity contribution >= 4 is 21.8 Å². The second-order valence-electron chi connectivity index (χ2n) is 3.99. The molecule has 1 atom stereocenters. The second-order valence-corrected chi connectivity index (χ2v) is 5.70. The van der Waals surface area contributed by atoms with Crippen molar-refractivity contribution in [2.75, 3.05) is 0 Å². The van der Waals surface area contributed by atoms with E-state index in [0.29, 0.717) is 0 Å². The van der Waals surface area contributed by atoms with Crippen LogP contribution in [0, 0.1) is 0 Å². The van der Waals surface area contributed by atoms with E-state index in [0.717, 1.165) is 0 Å². The van der Waals surface area contributed by atoms with Crippen LogP contribution in [0.5, 0.6) is 0 Å². The number of carbonyl (C=O) groups is 2. The maximum absolute atomic E-state index is 11.9. The molecule has 0 amide bonds. The molecule has 0 saturated carbocycles. The van der Waals surface area contributed by atoms with Crippen LogP contribution in [-0.4, -0.2) is 31.3 Å². The van der Waals surface area contributed by atoms with Crippen LogP contribution in [0.1, 0.15) is 30.6 Å². The smallest absolute Gasteiger partial charge is 0.321 e. The number of benzene rings is 1. The van der Waals surface area contributed by atoms with Gasteiger partial charge in [0.15, 0.2) is 5.78 Å². The molecule has 6 nitrogen and oxygen atoms in total. The quantitative estimate of drug-likeness (QED) is 0.760. The molecule has 2 N–H and O–H groups in total. The van der Waals surface area contributed by atoms with Gasteiger partial charge in [0.1, 0.15) is 6.04 Å². The predicted molar refractivity (Wildman–Crippen MR) is 68.5 cm³/mol. The Bertz CT molecular complexity index is 594. The number of hydrogen-bond acceptors (Lipinski definition) is 4. The molecule has 0 aliphatic carbocycles. The Balaban J connectivity index is 3.08. The van der Waals surface area contributed by atoms with Gasteiger partial charge in [0.2, 0.25) is 10.0 Å². The van der Waals surface area contributed by atoms with Crippen LogP contribution < -0.4 is 4.72 Å². The van der Waals surface area contributed by atoms with Crippen molar-refractivity contribution in [3.05, 3.63) is 29.8 Å². The first-order chi connectivity index (χ1) is 8.77. The molecule has 0 aliphatic rings. The Morgan fingerprint density at radius 1 is 1.37 bits per heavy atom. The minimum atomic E-state index is -3.95. The van der Waals surface area contributed by atoms with Crippen molar-refractivity contribution in [3.8, 4) is 0 Å². The van der Waals surface area contributed by atoms with Crippen molar-refractivity contribution in [2.45, 2.75) is 31.2 Å². The molecule has 19 heavy (non-hydrogen) atoms. The van der Waals surface area contributed by atoms with Gasteiger partial charge >= 0.3 is 5.97 Å². The topological polar surface area (TPSA) is 101 Å². The van der Waals surface area contributed by atoms with Gasteiger partial charge in [-0.25, -0.2) is 8.42 Å². The molecular formula is C12H15NO5S. The lowest BCUT2D eigenvalue weighted by atomic mass is 10.1. The molecule has 0 unspecified atom stereocenters. The second kappa shape index (κ2) is 5.94. The van der Waals surface area contributed by atoms with E-state index in [-0.39, 0.29) is 22.7 Å². The highest BCUT2D eigenvalue weighted by molar-refractivity contribution is 7.89. The molecule has 104 valence electrons. The van der Waals surface area contributed by atoms with Crippen LogP contribution in [0.4, 0.5) is 0 Å². The van der Waals surface area contributed by atoms with Gasteiger partial charge in [0, 0.05) is 12.0 Å². The molecule has 1 aromatic carbocycles. The van der Waals surface area contributed by atoms with E-state index in [1.807, 2.05) is 4.72 Å². The maximum atomic E-state index is 11.9. The molecule has 0 fully saturated rings. The van der Waals surface area contributed by atoms with Gasteiger partial charge < -0.3 is 5.11 Å². The molecule has 0 aromatic heterocycles. The number of rotatable bonds is 6. The Morgan fingerprint density at radius 3 is 2.53 bits per heavy atom. The van der Waals surface area contributed by atoms with E-state index in [9.17, 15) is 18.0 Å². The van der Waals surface area contributed by atoms with Crippen molar-refractivity contribution in [1.29, 1.82) is 0 Å². The van der Waals surface area contributed by atoms with Crippen LogP contribution in [0.25, 0.3) is 0 Å². The van der Waals surface area contributed by atoms with Gasteiger partial charge in [-0.05, 0) is 19.1 Å². The fraction of sp³-hybridized carbons (Fsp3) is 0.333. The van der Waals surface area contributed by atoms with Crippen LogP contribution in [0.3, 0.4) is 0 Å². The number of ketones is 1. The summed E-state index contributed by atoms with van der Waals surface area (Å²) >= 11 is 0. The van der Waals surface area contributed by atoms with E-state index in [2.05, 4.69) is 0 Å². The zero-order valence-electron chi connectivity index (χ0n) is 10.6. The third-order valence-electron chi connectivity index (χ3n) is 2.49. The van der Waals surface area contributed by atoms with Crippen molar-refractivity contribution < 1.29 is 23.1 Å². The summed E-state index contributed by atoms with van der Waals surface area (Å²) in [4.78, 5) is 22.0. The molecule has 0 aliphatic heterocycles. The Kier molecular flexibility index (Phi) is 4.79. The van der Waals surface area contributed by atoms with E-state index in [1.54, 1.807) is 6.92 Å². The lowest BCUT2D eigenvalue weighted by Crippen LogP contribution is -2.38. The predicted octanol–water partition coefficient (Wildman–Crippen LogP) is 1.03. The van der Waals surface area contributed by atoms with Crippen molar-refractivity contribution in [3.63, 3.8) is 0 Å². The number of Topliss-reactive ketones (excluding diaryl/α,β-unsaturated/α-hetero) is 1. The van der Waals surface area contributed by atoms with Crippen LogP contribution >= 0.6 is 0 Å².